The number of hydrogen-bond acceptors (Lipinski definition) is 2. The van der Waals surface area contributed by atoms with E-state index in [1.807, 2.05) is 0 Å². The lowest BCUT2D eigenvalue weighted by atomic mass is 9.96. The fourth-order valence-corrected chi connectivity index (χ4v) is 11.3. The molecule has 0 aromatic heterocycles. The van der Waals surface area contributed by atoms with Crippen molar-refractivity contribution in [1.29, 1.82) is 0 Å². The molecule has 0 unspecified atom stereocenters. The Balaban J connectivity index is 2.24. The second-order valence-corrected chi connectivity index (χ2v) is 23.9. The fourth-order valence-electron chi connectivity index (χ4n) is 11.3. The minimum atomic E-state index is 0.831. The smallest absolute Gasteiger partial charge is 0.139 e. The largest absolute Gasteiger partial charge is 0.246 e. The number of nitrogens with zero attached hydrogens (tertiary/aromatic N) is 2. The second-order valence-electron chi connectivity index (χ2n) is 23.9. The Morgan fingerprint density at radius 3 is 0.987 bits per heavy atom. The average molecular weight is 1060 g/mol. The van der Waals surface area contributed by atoms with Crippen molar-refractivity contribution >= 4 is 22.8 Å². The molecular weight excluding hydrogens is 929 g/mol. The maximum Gasteiger partial charge on any atom is 0.139 e. The summed E-state index contributed by atoms with van der Waals surface area (Å²) in [5.41, 5.74) is 9.85. The summed E-state index contributed by atoms with van der Waals surface area (Å²) < 4.78 is 0. The van der Waals surface area contributed by atoms with Crippen LogP contribution in [0.3, 0.4) is 0 Å². The summed E-state index contributed by atoms with van der Waals surface area (Å²) in [6.07, 6.45) is 72.5. The molecule has 438 valence electrons. The Morgan fingerprint density at radius 1 is 0.325 bits per heavy atom. The standard InChI is InChI=1S/C75H128N2/c1-7-13-19-21-23-25-27-29-31-32-33-34-35-36-37-39-41-43-45-47-49-55-61-75(77-73-65-63-69(57-51-16-10-4)71(67-73)59-53-18-12-6)74(60-54-48-46-44-42-40-38-30-28-26-24-22-20-14-8-2)76-72-64-62-68(56-50-15-9-3)70(66-72)58-52-17-11-5/h55,61-67H,7-53,56-59H2,1-6H3. The van der Waals surface area contributed by atoms with Gasteiger partial charge in [-0.25, -0.2) is 9.98 Å². The molecule has 2 rings (SSSR count). The number of benzene rings is 2. The summed E-state index contributed by atoms with van der Waals surface area (Å²) in [6.45, 7) is 13.9. The lowest BCUT2D eigenvalue weighted by Gasteiger charge is -2.12. The maximum absolute atomic E-state index is 5.54. The summed E-state index contributed by atoms with van der Waals surface area (Å²) in [4.78, 5) is 11.0. The summed E-state index contributed by atoms with van der Waals surface area (Å²) >= 11 is 0. The molecule has 77 heavy (non-hydrogen) atoms. The third-order valence-corrected chi connectivity index (χ3v) is 16.4. The zero-order valence-electron chi connectivity index (χ0n) is 52.6. The highest BCUT2D eigenvalue weighted by Gasteiger charge is 2.11. The zero-order chi connectivity index (χ0) is 55.2. The first-order valence-electron chi connectivity index (χ1n) is 34.7. The van der Waals surface area contributed by atoms with E-state index in [0.29, 0.717) is 0 Å². The van der Waals surface area contributed by atoms with Crippen molar-refractivity contribution in [3.8, 4) is 11.8 Å². The number of allylic oxidation sites excluding steroid dienone is 2. The molecule has 0 aliphatic rings. The van der Waals surface area contributed by atoms with E-state index in [-0.39, 0.29) is 0 Å². The normalized spacial score (nSPS) is 12.1. The molecule has 2 nitrogen and oxygen atoms in total. The van der Waals surface area contributed by atoms with Gasteiger partial charge in [-0.2, -0.15) is 0 Å². The van der Waals surface area contributed by atoms with Gasteiger partial charge in [-0.1, -0.05) is 316 Å². The highest BCUT2D eigenvalue weighted by atomic mass is 14.8. The van der Waals surface area contributed by atoms with E-state index in [9.17, 15) is 0 Å². The molecule has 2 aromatic rings. The summed E-state index contributed by atoms with van der Waals surface area (Å²) in [6, 6.07) is 14.2. The van der Waals surface area contributed by atoms with Crippen molar-refractivity contribution in [1.82, 2.24) is 0 Å². The summed E-state index contributed by atoms with van der Waals surface area (Å²) in [7, 11) is 0. The van der Waals surface area contributed by atoms with Crippen LogP contribution in [0.25, 0.3) is 0 Å². The van der Waals surface area contributed by atoms with E-state index in [4.69, 9.17) is 9.98 Å². The molecule has 2 heteroatoms. The van der Waals surface area contributed by atoms with Crippen LogP contribution in [0.2, 0.25) is 0 Å². The molecular formula is C75H128N2. The predicted molar refractivity (Wildman–Crippen MR) is 350 cm³/mol. The highest BCUT2D eigenvalue weighted by molar-refractivity contribution is 6.53. The Kier molecular flexibility index (Phi) is 49.0. The number of hydrogen-bond donors (Lipinski definition) is 0. The van der Waals surface area contributed by atoms with E-state index in [2.05, 4.69) is 102 Å². The number of unbranched alkanes of at least 4 members (excludes halogenated alkanes) is 41. The highest BCUT2D eigenvalue weighted by Crippen LogP contribution is 2.26. The van der Waals surface area contributed by atoms with Gasteiger partial charge < -0.3 is 0 Å². The van der Waals surface area contributed by atoms with Crippen molar-refractivity contribution in [2.75, 3.05) is 0 Å². The lowest BCUT2D eigenvalue weighted by molar-refractivity contribution is 0.522. The van der Waals surface area contributed by atoms with Crippen LogP contribution in [-0.4, -0.2) is 11.4 Å². The van der Waals surface area contributed by atoms with Crippen LogP contribution in [0, 0.1) is 11.8 Å². The first-order chi connectivity index (χ1) is 38.1. The van der Waals surface area contributed by atoms with Crippen LogP contribution in [0.1, 0.15) is 366 Å². The minimum absolute atomic E-state index is 0.831. The van der Waals surface area contributed by atoms with Gasteiger partial charge in [0.1, 0.15) is 5.71 Å². The van der Waals surface area contributed by atoms with Crippen molar-refractivity contribution in [3.63, 3.8) is 0 Å². The monoisotopic (exact) mass is 1060 g/mol. The number of aryl methyl sites for hydroxylation is 4. The van der Waals surface area contributed by atoms with E-state index in [1.165, 1.54) is 305 Å². The maximum atomic E-state index is 5.54. The van der Waals surface area contributed by atoms with Crippen LogP contribution >= 0.6 is 0 Å². The molecule has 2 aromatic carbocycles. The molecule has 0 radical (unpaired) electrons. The second kappa shape index (κ2) is 53.7. The van der Waals surface area contributed by atoms with Crippen molar-refractivity contribution in [2.45, 2.75) is 369 Å². The first-order valence-corrected chi connectivity index (χ1v) is 34.7. The minimum Gasteiger partial charge on any atom is -0.246 e. The van der Waals surface area contributed by atoms with Crippen molar-refractivity contribution in [2.24, 2.45) is 9.98 Å². The quantitative estimate of drug-likeness (QED) is 0.0358. The van der Waals surface area contributed by atoms with Gasteiger partial charge in [0.15, 0.2) is 0 Å². The molecule has 0 fully saturated rings. The zero-order valence-corrected chi connectivity index (χ0v) is 52.6. The molecule has 0 atom stereocenters. The van der Waals surface area contributed by atoms with Gasteiger partial charge in [-0.3, -0.25) is 0 Å². The Morgan fingerprint density at radius 2 is 0.623 bits per heavy atom. The molecule has 0 saturated carbocycles. The van der Waals surface area contributed by atoms with Gasteiger partial charge in [0.25, 0.3) is 0 Å². The molecule has 0 bridgehead atoms. The van der Waals surface area contributed by atoms with Crippen molar-refractivity contribution in [3.05, 3.63) is 70.8 Å². The average Bonchev–Trinajstić information content (AvgIpc) is 3.44. The van der Waals surface area contributed by atoms with E-state index in [1.54, 1.807) is 0 Å². The van der Waals surface area contributed by atoms with Gasteiger partial charge in [-0.15, -0.1) is 0 Å². The van der Waals surface area contributed by atoms with Gasteiger partial charge >= 0.3 is 0 Å². The third kappa shape index (κ3) is 40.0. The number of aliphatic imine (C=N–C) groups is 2. The summed E-state index contributed by atoms with van der Waals surface area (Å²) in [5.74, 6) is 7.36. The van der Waals surface area contributed by atoms with E-state index >= 15 is 0 Å². The van der Waals surface area contributed by atoms with Gasteiger partial charge in [0.05, 0.1) is 17.1 Å². The topological polar surface area (TPSA) is 24.7 Å². The Hall–Kier alpha value is -2.92. The van der Waals surface area contributed by atoms with Gasteiger partial charge in [0, 0.05) is 6.42 Å². The molecule has 0 aliphatic heterocycles. The fraction of sp³-hybridized carbons (Fsp3) is 0.760. The van der Waals surface area contributed by atoms with Crippen LogP contribution in [0.5, 0.6) is 0 Å². The van der Waals surface area contributed by atoms with E-state index < -0.39 is 0 Å². The molecule has 0 heterocycles. The molecule has 0 saturated heterocycles. The summed E-state index contributed by atoms with van der Waals surface area (Å²) in [5, 5.41) is 0. The Labute approximate surface area is 482 Å². The predicted octanol–water partition coefficient (Wildman–Crippen LogP) is 25.7. The first kappa shape index (κ1) is 70.2. The van der Waals surface area contributed by atoms with Gasteiger partial charge in [0.2, 0.25) is 0 Å². The molecule has 0 N–H and O–H groups in total. The van der Waals surface area contributed by atoms with Gasteiger partial charge in [-0.05, 0) is 129 Å². The lowest BCUT2D eigenvalue weighted by Crippen LogP contribution is -2.10. The third-order valence-electron chi connectivity index (χ3n) is 16.4. The van der Waals surface area contributed by atoms with E-state index in [0.717, 1.165) is 67.7 Å². The van der Waals surface area contributed by atoms with Crippen LogP contribution in [-0.2, 0) is 25.7 Å². The molecule has 0 amide bonds. The van der Waals surface area contributed by atoms with Crippen molar-refractivity contribution < 1.29 is 0 Å². The van der Waals surface area contributed by atoms with Crippen LogP contribution in [0.4, 0.5) is 11.4 Å². The number of rotatable bonds is 54. The van der Waals surface area contributed by atoms with Crippen LogP contribution < -0.4 is 0 Å². The SMILES string of the molecule is CCCCCCCCCCCCCCCC#CC(=Nc1ccc(CCCCC)c(CCCCC)c1)C(C=CCCCCCCCCCCCCCCCCCCCCCC)=Nc1ccc(CCCCC)c(CCCCC)c1. The molecule has 0 aliphatic carbocycles. The molecule has 0 spiro atoms. The Bertz CT molecular complexity index is 1780. The van der Waals surface area contributed by atoms with Crippen LogP contribution in [0.15, 0.2) is 58.5 Å².